The van der Waals surface area contributed by atoms with Gasteiger partial charge in [-0.25, -0.2) is 9.97 Å². The number of aliphatic hydroxyl groups is 3. The van der Waals surface area contributed by atoms with Crippen LogP contribution in [0.3, 0.4) is 0 Å². The van der Waals surface area contributed by atoms with Gasteiger partial charge in [0.05, 0.1) is 39.9 Å². The van der Waals surface area contributed by atoms with Gasteiger partial charge in [0, 0.05) is 30.7 Å². The molecule has 5 N–H and O–H groups in total. The first-order valence-electron chi connectivity index (χ1n) is 13.1. The summed E-state index contributed by atoms with van der Waals surface area (Å²) in [5, 5.41) is 37.7. The fraction of sp³-hybridized carbons (Fsp3) is 0.429. The van der Waals surface area contributed by atoms with Crippen molar-refractivity contribution in [1.29, 1.82) is 0 Å². The lowest BCUT2D eigenvalue weighted by molar-refractivity contribution is -0.137. The van der Waals surface area contributed by atoms with E-state index in [2.05, 4.69) is 25.6 Å². The molecule has 0 radical (unpaired) electrons. The van der Waals surface area contributed by atoms with Crippen LogP contribution in [0.4, 0.5) is 24.9 Å². The number of anilines is 2. The van der Waals surface area contributed by atoms with Crippen LogP contribution in [0.1, 0.15) is 37.1 Å². The number of thiazole rings is 1. The second-order valence-electron chi connectivity index (χ2n) is 10.9. The molecule has 41 heavy (non-hydrogen) atoms. The van der Waals surface area contributed by atoms with E-state index in [1.54, 1.807) is 25.4 Å². The second kappa shape index (κ2) is 11.1. The van der Waals surface area contributed by atoms with E-state index in [4.69, 9.17) is 4.98 Å². The molecule has 0 aliphatic heterocycles. The number of benzene rings is 1. The number of aliphatic hydroxyl groups excluding tert-OH is 3. The van der Waals surface area contributed by atoms with E-state index < -0.39 is 41.3 Å². The Balaban J connectivity index is 1.48. The first-order chi connectivity index (χ1) is 19.4. The Labute approximate surface area is 238 Å². The summed E-state index contributed by atoms with van der Waals surface area (Å²) in [6, 6.07) is 6.51. The summed E-state index contributed by atoms with van der Waals surface area (Å²) >= 11 is 1.43. The number of halogens is 3. The van der Waals surface area contributed by atoms with Crippen LogP contribution >= 0.6 is 11.3 Å². The van der Waals surface area contributed by atoms with E-state index in [9.17, 15) is 28.5 Å². The van der Waals surface area contributed by atoms with Crippen molar-refractivity contribution in [2.45, 2.75) is 57.0 Å². The maximum Gasteiger partial charge on any atom is 0.416 e. The maximum absolute atomic E-state index is 13.3. The molecule has 3 aromatic heterocycles. The molecular formula is C28H31F3N6O3S. The van der Waals surface area contributed by atoms with Crippen molar-refractivity contribution < 1.29 is 28.5 Å². The third-order valence-corrected chi connectivity index (χ3v) is 8.57. The standard InChI is InChI=1S/C28H31F3N6O3S/c1-14-21(25-36-19-11-32-8-7-20(19)41-25)24(35-18-9-15(12-38)22(39)23(18)40)37-26(34-14)33-13-27(2,3)16-5-4-6-17(10-16)28(29,30)31/h4-8,10-11,15,18,22-23,38-40H,9,12-13H2,1-3H3,(H2,33,34,35,37)/t15-,18-,22-,23+/m1/s1. The summed E-state index contributed by atoms with van der Waals surface area (Å²) in [5.41, 5.74) is 0.997. The topological polar surface area (TPSA) is 136 Å². The molecule has 0 saturated heterocycles. The highest BCUT2D eigenvalue weighted by atomic mass is 32.1. The van der Waals surface area contributed by atoms with Crippen molar-refractivity contribution >= 4 is 33.3 Å². The van der Waals surface area contributed by atoms with Gasteiger partial charge in [0.25, 0.3) is 0 Å². The Morgan fingerprint density at radius 1 is 1.05 bits per heavy atom. The maximum atomic E-state index is 13.3. The quantitative estimate of drug-likeness (QED) is 0.203. The largest absolute Gasteiger partial charge is 0.416 e. The number of rotatable bonds is 8. The zero-order valence-corrected chi connectivity index (χ0v) is 23.5. The molecule has 5 rings (SSSR count). The Morgan fingerprint density at radius 2 is 1.80 bits per heavy atom. The average molecular weight is 589 g/mol. The van der Waals surface area contributed by atoms with Crippen molar-refractivity contribution in [2.24, 2.45) is 5.92 Å². The predicted octanol–water partition coefficient (Wildman–Crippen LogP) is 4.38. The summed E-state index contributed by atoms with van der Waals surface area (Å²) in [6.07, 6.45) is -3.02. The van der Waals surface area contributed by atoms with Gasteiger partial charge in [0.2, 0.25) is 5.95 Å². The summed E-state index contributed by atoms with van der Waals surface area (Å²) < 4.78 is 40.8. The molecule has 1 aliphatic rings. The third kappa shape index (κ3) is 5.98. The Bertz CT molecular complexity index is 1510. The van der Waals surface area contributed by atoms with Crippen LogP contribution in [0.25, 0.3) is 20.8 Å². The molecule has 13 heteroatoms. The molecule has 4 aromatic rings. The molecule has 1 aromatic carbocycles. The number of fused-ring (bicyclic) bond motifs is 1. The predicted molar refractivity (Wildman–Crippen MR) is 151 cm³/mol. The van der Waals surface area contributed by atoms with E-state index in [1.165, 1.54) is 17.4 Å². The Hall–Kier alpha value is -3.39. The smallest absolute Gasteiger partial charge is 0.396 e. The van der Waals surface area contributed by atoms with Gasteiger partial charge < -0.3 is 26.0 Å². The number of nitrogens with one attached hydrogen (secondary N) is 2. The minimum absolute atomic E-state index is 0.233. The molecule has 218 valence electrons. The number of hydrogen-bond donors (Lipinski definition) is 5. The van der Waals surface area contributed by atoms with E-state index >= 15 is 0 Å². The number of pyridine rings is 1. The Kier molecular flexibility index (Phi) is 7.90. The van der Waals surface area contributed by atoms with Crippen LogP contribution in [-0.4, -0.2) is 66.7 Å². The second-order valence-corrected chi connectivity index (χ2v) is 12.0. The van der Waals surface area contributed by atoms with E-state index in [-0.39, 0.29) is 19.1 Å². The van der Waals surface area contributed by atoms with Crippen LogP contribution in [-0.2, 0) is 11.6 Å². The fourth-order valence-electron chi connectivity index (χ4n) is 5.04. The van der Waals surface area contributed by atoms with Crippen molar-refractivity contribution in [3.05, 3.63) is 59.5 Å². The zero-order valence-electron chi connectivity index (χ0n) is 22.6. The number of alkyl halides is 3. The molecule has 1 aliphatic carbocycles. The van der Waals surface area contributed by atoms with Crippen LogP contribution in [0.5, 0.6) is 0 Å². The highest BCUT2D eigenvalue weighted by Crippen LogP contribution is 2.38. The van der Waals surface area contributed by atoms with Gasteiger partial charge in [-0.15, -0.1) is 11.3 Å². The summed E-state index contributed by atoms with van der Waals surface area (Å²) in [5.74, 6) is 0.121. The van der Waals surface area contributed by atoms with Gasteiger partial charge in [-0.2, -0.15) is 18.2 Å². The minimum atomic E-state index is -4.44. The highest BCUT2D eigenvalue weighted by molar-refractivity contribution is 7.21. The third-order valence-electron chi connectivity index (χ3n) is 7.51. The van der Waals surface area contributed by atoms with E-state index in [1.807, 2.05) is 19.9 Å². The van der Waals surface area contributed by atoms with Crippen LogP contribution in [0.2, 0.25) is 0 Å². The summed E-state index contributed by atoms with van der Waals surface area (Å²) in [7, 11) is 0. The highest BCUT2D eigenvalue weighted by Gasteiger charge is 2.41. The summed E-state index contributed by atoms with van der Waals surface area (Å²) in [4.78, 5) is 18.1. The summed E-state index contributed by atoms with van der Waals surface area (Å²) in [6.45, 7) is 5.42. The van der Waals surface area contributed by atoms with E-state index in [0.717, 1.165) is 16.8 Å². The van der Waals surface area contributed by atoms with Crippen LogP contribution < -0.4 is 10.6 Å². The lowest BCUT2D eigenvalue weighted by Crippen LogP contribution is -2.36. The van der Waals surface area contributed by atoms with E-state index in [0.29, 0.717) is 39.6 Å². The van der Waals surface area contributed by atoms with Gasteiger partial charge in [-0.1, -0.05) is 32.0 Å². The van der Waals surface area contributed by atoms with Gasteiger partial charge >= 0.3 is 6.18 Å². The SMILES string of the molecule is Cc1nc(NCC(C)(C)c2cccc(C(F)(F)F)c2)nc(N[C@@H]2C[C@H](CO)[C@@H](O)[C@H]2O)c1-c1nc2cnccc2s1. The van der Waals surface area contributed by atoms with Crippen molar-refractivity contribution in [1.82, 2.24) is 19.9 Å². The molecule has 0 amide bonds. The van der Waals surface area contributed by atoms with Gasteiger partial charge in [0.15, 0.2) is 0 Å². The van der Waals surface area contributed by atoms with Crippen LogP contribution in [0, 0.1) is 12.8 Å². The molecular weight excluding hydrogens is 557 g/mol. The molecule has 0 spiro atoms. The molecule has 1 fully saturated rings. The molecule has 1 saturated carbocycles. The monoisotopic (exact) mass is 588 g/mol. The molecule has 3 heterocycles. The molecule has 9 nitrogen and oxygen atoms in total. The minimum Gasteiger partial charge on any atom is -0.396 e. The van der Waals surface area contributed by atoms with Crippen molar-refractivity contribution in [2.75, 3.05) is 23.8 Å². The number of nitrogens with zero attached hydrogens (tertiary/aromatic N) is 4. The number of hydrogen-bond acceptors (Lipinski definition) is 10. The zero-order chi connectivity index (χ0) is 29.5. The van der Waals surface area contributed by atoms with Gasteiger partial charge in [-0.3, -0.25) is 4.98 Å². The molecule has 0 unspecified atom stereocenters. The van der Waals surface area contributed by atoms with Crippen molar-refractivity contribution in [3.63, 3.8) is 0 Å². The first-order valence-corrected chi connectivity index (χ1v) is 13.9. The van der Waals surface area contributed by atoms with Gasteiger partial charge in [-0.05, 0) is 31.0 Å². The fourth-order valence-corrected chi connectivity index (χ4v) is 6.07. The average Bonchev–Trinajstić information content (AvgIpc) is 3.47. The molecule has 4 atom stereocenters. The normalized spacial score (nSPS) is 21.4. The number of aryl methyl sites for hydroxylation is 1. The first kappa shape index (κ1) is 29.1. The van der Waals surface area contributed by atoms with Crippen LogP contribution in [0.15, 0.2) is 42.7 Å². The Morgan fingerprint density at radius 3 is 2.49 bits per heavy atom. The van der Waals surface area contributed by atoms with Gasteiger partial charge in [0.1, 0.15) is 22.4 Å². The lowest BCUT2D eigenvalue weighted by Gasteiger charge is -2.27. The van der Waals surface area contributed by atoms with Crippen molar-refractivity contribution in [3.8, 4) is 10.6 Å². The molecule has 0 bridgehead atoms. The number of aromatic nitrogens is 4. The lowest BCUT2D eigenvalue weighted by atomic mass is 9.84.